The monoisotopic (exact) mass is 357 g/mol. The van der Waals surface area contributed by atoms with Crippen LogP contribution in [0.1, 0.15) is 36.0 Å². The normalized spacial score (nSPS) is 11.1. The number of benzene rings is 2. The van der Waals surface area contributed by atoms with Crippen LogP contribution in [0.5, 0.6) is 0 Å². The minimum atomic E-state index is -3.81. The van der Waals surface area contributed by atoms with E-state index < -0.39 is 15.9 Å². The molecule has 1 amide bonds. The maximum Gasteiger partial charge on any atom is 0.264 e. The Hall–Kier alpha value is -2.40. The van der Waals surface area contributed by atoms with E-state index in [1.807, 2.05) is 38.1 Å². The Balaban J connectivity index is 1.85. The highest BCUT2D eigenvalue weighted by Gasteiger charge is 2.17. The molecule has 25 heavy (non-hydrogen) atoms. The quantitative estimate of drug-likeness (QED) is 0.815. The first-order chi connectivity index (χ1) is 11.8. The summed E-state index contributed by atoms with van der Waals surface area (Å²) in [6.45, 7) is 7.92. The van der Waals surface area contributed by atoms with Crippen molar-refractivity contribution in [2.24, 2.45) is 0 Å². The van der Waals surface area contributed by atoms with Crippen LogP contribution in [0.25, 0.3) is 5.57 Å². The fourth-order valence-electron chi connectivity index (χ4n) is 2.37. The van der Waals surface area contributed by atoms with Crippen molar-refractivity contribution in [3.05, 3.63) is 71.8 Å². The van der Waals surface area contributed by atoms with E-state index in [0.717, 1.165) is 16.7 Å². The van der Waals surface area contributed by atoms with E-state index in [2.05, 4.69) is 11.3 Å². The molecule has 2 aromatic carbocycles. The second kappa shape index (κ2) is 8.12. The van der Waals surface area contributed by atoms with Gasteiger partial charge in [-0.3, -0.25) is 4.79 Å². The van der Waals surface area contributed by atoms with Gasteiger partial charge in [-0.2, -0.15) is 0 Å². The molecule has 0 saturated heterocycles. The molecule has 0 heterocycles. The topological polar surface area (TPSA) is 63.2 Å². The zero-order chi connectivity index (χ0) is 18.4. The van der Waals surface area contributed by atoms with Crippen molar-refractivity contribution in [1.82, 2.24) is 4.72 Å². The molecule has 2 rings (SSSR count). The van der Waals surface area contributed by atoms with Gasteiger partial charge in [-0.1, -0.05) is 54.1 Å². The fraction of sp³-hybridized carbons (Fsp3) is 0.250. The highest BCUT2D eigenvalue weighted by molar-refractivity contribution is 7.90. The van der Waals surface area contributed by atoms with Gasteiger partial charge in [0.1, 0.15) is 0 Å². The van der Waals surface area contributed by atoms with E-state index >= 15 is 0 Å². The first kappa shape index (κ1) is 18.9. The molecule has 0 fully saturated rings. The summed E-state index contributed by atoms with van der Waals surface area (Å²) in [6, 6.07) is 14.4. The highest BCUT2D eigenvalue weighted by Crippen LogP contribution is 2.19. The largest absolute Gasteiger partial charge is 0.274 e. The van der Waals surface area contributed by atoms with E-state index in [1.165, 1.54) is 17.7 Å². The summed E-state index contributed by atoms with van der Waals surface area (Å²) >= 11 is 0. The Labute approximate surface area is 149 Å². The number of hydrogen-bond donors (Lipinski definition) is 1. The van der Waals surface area contributed by atoms with E-state index in [0.29, 0.717) is 12.8 Å². The molecular weight excluding hydrogens is 334 g/mol. The van der Waals surface area contributed by atoms with Crippen molar-refractivity contribution in [2.45, 2.75) is 38.0 Å². The van der Waals surface area contributed by atoms with Crippen LogP contribution in [0.3, 0.4) is 0 Å². The predicted octanol–water partition coefficient (Wildman–Crippen LogP) is 3.99. The summed E-state index contributed by atoms with van der Waals surface area (Å²) in [5.41, 5.74) is 4.12. The summed E-state index contributed by atoms with van der Waals surface area (Å²) in [5, 5.41) is 0. The third-order valence-electron chi connectivity index (χ3n) is 3.92. The number of aryl methyl sites for hydroxylation is 2. The number of sulfonamides is 1. The van der Waals surface area contributed by atoms with Crippen LogP contribution in [-0.2, 0) is 14.8 Å². The summed E-state index contributed by atoms with van der Waals surface area (Å²) in [4.78, 5) is 12.0. The van der Waals surface area contributed by atoms with Gasteiger partial charge in [0.05, 0.1) is 4.90 Å². The van der Waals surface area contributed by atoms with Gasteiger partial charge in [0.25, 0.3) is 10.0 Å². The number of amides is 1. The second-order valence-electron chi connectivity index (χ2n) is 6.16. The van der Waals surface area contributed by atoms with Gasteiger partial charge in [0.15, 0.2) is 0 Å². The van der Waals surface area contributed by atoms with Crippen molar-refractivity contribution in [1.29, 1.82) is 0 Å². The van der Waals surface area contributed by atoms with E-state index in [1.54, 1.807) is 12.1 Å². The first-order valence-corrected chi connectivity index (χ1v) is 9.63. The molecule has 0 bridgehead atoms. The van der Waals surface area contributed by atoms with Gasteiger partial charge in [0.2, 0.25) is 5.91 Å². The lowest BCUT2D eigenvalue weighted by Gasteiger charge is -2.08. The average Bonchev–Trinajstić information content (AvgIpc) is 2.55. The molecule has 0 saturated carbocycles. The SMILES string of the molecule is C=C(CCCC(=O)NS(=O)(=O)c1ccc(C)cc1)c1ccc(C)cc1. The minimum Gasteiger partial charge on any atom is -0.274 e. The Kier molecular flexibility index (Phi) is 6.15. The van der Waals surface area contributed by atoms with Crippen LogP contribution in [0, 0.1) is 13.8 Å². The molecule has 4 nitrogen and oxygen atoms in total. The van der Waals surface area contributed by atoms with Gasteiger partial charge in [-0.25, -0.2) is 13.1 Å². The molecule has 0 aliphatic carbocycles. The Bertz CT molecular complexity index is 851. The van der Waals surface area contributed by atoms with Crippen LogP contribution >= 0.6 is 0 Å². The molecule has 5 heteroatoms. The summed E-state index contributed by atoms with van der Waals surface area (Å²) in [5.74, 6) is -0.503. The predicted molar refractivity (Wildman–Crippen MR) is 101 cm³/mol. The number of hydrogen-bond acceptors (Lipinski definition) is 3. The van der Waals surface area contributed by atoms with E-state index in [4.69, 9.17) is 0 Å². The zero-order valence-electron chi connectivity index (χ0n) is 14.6. The maximum absolute atomic E-state index is 12.2. The van der Waals surface area contributed by atoms with Gasteiger partial charge < -0.3 is 0 Å². The van der Waals surface area contributed by atoms with Crippen LogP contribution in [0.4, 0.5) is 0 Å². The molecule has 0 atom stereocenters. The second-order valence-corrected chi connectivity index (χ2v) is 7.85. The average molecular weight is 357 g/mol. The van der Waals surface area contributed by atoms with Crippen LogP contribution in [-0.4, -0.2) is 14.3 Å². The Morgan fingerprint density at radius 3 is 2.00 bits per heavy atom. The van der Waals surface area contributed by atoms with Crippen molar-refractivity contribution in [3.8, 4) is 0 Å². The fourth-order valence-corrected chi connectivity index (χ4v) is 3.39. The lowest BCUT2D eigenvalue weighted by Crippen LogP contribution is -2.30. The molecule has 0 aliphatic rings. The van der Waals surface area contributed by atoms with Gasteiger partial charge in [-0.05, 0) is 50.0 Å². The lowest BCUT2D eigenvalue weighted by molar-refractivity contribution is -0.119. The smallest absolute Gasteiger partial charge is 0.264 e. The van der Waals surface area contributed by atoms with Gasteiger partial charge in [-0.15, -0.1) is 0 Å². The number of rotatable bonds is 7. The molecule has 0 aromatic heterocycles. The Morgan fingerprint density at radius 1 is 0.920 bits per heavy atom. The van der Waals surface area contributed by atoms with Gasteiger partial charge in [0, 0.05) is 6.42 Å². The first-order valence-electron chi connectivity index (χ1n) is 8.15. The molecule has 0 unspecified atom stereocenters. The molecule has 0 spiro atoms. The minimum absolute atomic E-state index is 0.0931. The maximum atomic E-state index is 12.2. The van der Waals surface area contributed by atoms with Crippen molar-refractivity contribution in [3.63, 3.8) is 0 Å². The summed E-state index contributed by atoms with van der Waals surface area (Å²) in [7, 11) is -3.81. The summed E-state index contributed by atoms with van der Waals surface area (Å²) in [6.07, 6.45) is 1.32. The van der Waals surface area contributed by atoms with Crippen molar-refractivity contribution < 1.29 is 13.2 Å². The third kappa shape index (κ3) is 5.57. The number of nitrogens with one attached hydrogen (secondary N) is 1. The van der Waals surface area contributed by atoms with Gasteiger partial charge >= 0.3 is 0 Å². The van der Waals surface area contributed by atoms with Crippen LogP contribution in [0.2, 0.25) is 0 Å². The molecular formula is C20H23NO3S. The van der Waals surface area contributed by atoms with E-state index in [-0.39, 0.29) is 11.3 Å². The van der Waals surface area contributed by atoms with Crippen LogP contribution in [0.15, 0.2) is 60.0 Å². The molecule has 0 aliphatic heterocycles. The molecule has 1 N–H and O–H groups in total. The lowest BCUT2D eigenvalue weighted by atomic mass is 10.0. The van der Waals surface area contributed by atoms with Crippen molar-refractivity contribution in [2.75, 3.05) is 0 Å². The number of carbonyl (C=O) groups is 1. The number of carbonyl (C=O) groups excluding carboxylic acids is 1. The highest BCUT2D eigenvalue weighted by atomic mass is 32.2. The molecule has 132 valence electrons. The zero-order valence-corrected chi connectivity index (χ0v) is 15.4. The standard InChI is InChI=1S/C20H23NO3S/c1-15-7-11-18(12-8-15)17(3)5-4-6-20(22)21-25(23,24)19-13-9-16(2)10-14-19/h7-14H,3-6H2,1-2H3,(H,21,22). The molecule has 2 aromatic rings. The van der Waals surface area contributed by atoms with Crippen LogP contribution < -0.4 is 4.72 Å². The van der Waals surface area contributed by atoms with E-state index in [9.17, 15) is 13.2 Å². The molecule has 0 radical (unpaired) electrons. The Morgan fingerprint density at radius 2 is 1.44 bits per heavy atom. The summed E-state index contributed by atoms with van der Waals surface area (Å²) < 4.78 is 26.4. The third-order valence-corrected chi connectivity index (χ3v) is 5.31. The number of allylic oxidation sites excluding steroid dienone is 1. The van der Waals surface area contributed by atoms with Crippen molar-refractivity contribution >= 4 is 21.5 Å².